The van der Waals surface area contributed by atoms with Crippen molar-refractivity contribution >= 4 is 27.9 Å². The number of aldehydes is 1. The van der Waals surface area contributed by atoms with Gasteiger partial charge >= 0.3 is 0 Å². The molecule has 3 aromatic rings. The molecule has 0 aromatic heterocycles. The largest absolute Gasteiger partial charge is 0.489 e. The Balaban J connectivity index is 1.36. The summed E-state index contributed by atoms with van der Waals surface area (Å²) in [4.78, 5) is 13.3. The zero-order valence-corrected chi connectivity index (χ0v) is 21.8. The summed E-state index contributed by atoms with van der Waals surface area (Å²) in [5.74, 6) is 0.880. The van der Waals surface area contributed by atoms with E-state index < -0.39 is 10.0 Å². The zero-order valence-electron chi connectivity index (χ0n) is 20.2. The van der Waals surface area contributed by atoms with Gasteiger partial charge in [0.05, 0.1) is 5.75 Å². The van der Waals surface area contributed by atoms with Crippen molar-refractivity contribution in [2.45, 2.75) is 26.0 Å². The predicted molar refractivity (Wildman–Crippen MR) is 143 cm³/mol. The maximum atomic E-state index is 12.9. The monoisotopic (exact) mass is 526 g/mol. The van der Waals surface area contributed by atoms with Gasteiger partial charge in [0.25, 0.3) is 0 Å². The van der Waals surface area contributed by atoms with E-state index in [9.17, 15) is 13.2 Å². The highest BCUT2D eigenvalue weighted by Gasteiger charge is 2.27. The number of benzene rings is 3. The lowest BCUT2D eigenvalue weighted by Crippen LogP contribution is -2.49. The zero-order chi connectivity index (χ0) is 25.4. The Morgan fingerprint density at radius 1 is 0.861 bits per heavy atom. The average molecular weight is 527 g/mol. The summed E-state index contributed by atoms with van der Waals surface area (Å²) in [6.07, 6.45) is 1.76. The topological polar surface area (TPSA) is 66.9 Å². The fraction of sp³-hybridized carbons (Fsp3) is 0.321. The first-order valence-electron chi connectivity index (χ1n) is 12.1. The number of sulfonamides is 1. The average Bonchev–Trinajstić information content (AvgIpc) is 2.89. The van der Waals surface area contributed by atoms with Gasteiger partial charge in [-0.25, -0.2) is 8.42 Å². The summed E-state index contributed by atoms with van der Waals surface area (Å²) >= 11 is 5.98. The van der Waals surface area contributed by atoms with Crippen LogP contribution in [0.1, 0.15) is 22.3 Å². The van der Waals surface area contributed by atoms with Crippen LogP contribution in [0.15, 0.2) is 72.8 Å². The van der Waals surface area contributed by atoms with Crippen LogP contribution in [0.2, 0.25) is 5.02 Å². The van der Waals surface area contributed by atoms with Crippen molar-refractivity contribution in [3.05, 3.63) is 100 Å². The van der Waals surface area contributed by atoms with Crippen LogP contribution in [-0.2, 0) is 40.8 Å². The van der Waals surface area contributed by atoms with Crippen LogP contribution in [-0.4, -0.2) is 55.8 Å². The van der Waals surface area contributed by atoms with Crippen molar-refractivity contribution in [1.29, 1.82) is 0 Å². The predicted octanol–water partition coefficient (Wildman–Crippen LogP) is 4.35. The van der Waals surface area contributed by atoms with Crippen LogP contribution in [0, 0.1) is 0 Å². The standard InChI is InChI=1S/C28H31ClN2O4S/c29-27-9-6-25(7-10-27)22-35-28-11-8-24(12-18-32)20-26(28)21-30-14-16-31(17-15-30)36(33,34)19-13-23-4-2-1-3-5-23/h1-11,18,20H,12-17,19,21-22H2. The van der Waals surface area contributed by atoms with E-state index in [1.165, 1.54) is 0 Å². The highest BCUT2D eigenvalue weighted by atomic mass is 35.5. The van der Waals surface area contributed by atoms with Gasteiger partial charge in [-0.15, -0.1) is 0 Å². The van der Waals surface area contributed by atoms with E-state index in [0.29, 0.717) is 57.2 Å². The van der Waals surface area contributed by atoms with Gasteiger partial charge in [-0.2, -0.15) is 4.31 Å². The number of hydrogen-bond acceptors (Lipinski definition) is 5. The van der Waals surface area contributed by atoms with E-state index in [1.807, 2.05) is 72.8 Å². The van der Waals surface area contributed by atoms with Crippen molar-refractivity contribution in [3.63, 3.8) is 0 Å². The van der Waals surface area contributed by atoms with E-state index in [0.717, 1.165) is 34.3 Å². The summed E-state index contributed by atoms with van der Waals surface area (Å²) < 4.78 is 33.5. The number of hydrogen-bond donors (Lipinski definition) is 0. The van der Waals surface area contributed by atoms with E-state index >= 15 is 0 Å². The molecule has 0 atom stereocenters. The number of halogens is 1. The Morgan fingerprint density at radius 3 is 2.25 bits per heavy atom. The Hall–Kier alpha value is -2.71. The number of piperazine rings is 1. The molecule has 1 aliphatic rings. The number of carbonyl (C=O) groups is 1. The van der Waals surface area contributed by atoms with Crippen LogP contribution < -0.4 is 4.74 Å². The molecule has 0 saturated carbocycles. The quantitative estimate of drug-likeness (QED) is 0.347. The van der Waals surface area contributed by atoms with Crippen molar-refractivity contribution < 1.29 is 17.9 Å². The molecule has 1 aliphatic heterocycles. The van der Waals surface area contributed by atoms with Crippen molar-refractivity contribution in [2.75, 3.05) is 31.9 Å². The van der Waals surface area contributed by atoms with Crippen LogP contribution in [0.5, 0.6) is 5.75 Å². The van der Waals surface area contributed by atoms with Crippen molar-refractivity contribution in [2.24, 2.45) is 0 Å². The second kappa shape index (κ2) is 12.5. The van der Waals surface area contributed by atoms with Crippen molar-refractivity contribution in [3.8, 4) is 5.75 Å². The molecule has 0 spiro atoms. The molecule has 1 saturated heterocycles. The molecule has 0 N–H and O–H groups in total. The van der Waals surface area contributed by atoms with E-state index in [-0.39, 0.29) is 5.75 Å². The number of carbonyl (C=O) groups excluding carboxylic acids is 1. The minimum Gasteiger partial charge on any atom is -0.489 e. The third-order valence-corrected chi connectivity index (χ3v) is 8.49. The molecular formula is C28H31ClN2O4S. The summed E-state index contributed by atoms with van der Waals surface area (Å²) in [7, 11) is -3.31. The maximum Gasteiger partial charge on any atom is 0.214 e. The third-order valence-electron chi connectivity index (χ3n) is 6.36. The summed E-state index contributed by atoms with van der Waals surface area (Å²) in [5.41, 5.74) is 3.96. The normalized spacial score (nSPS) is 15.0. The molecule has 0 unspecified atom stereocenters. The molecule has 0 amide bonds. The Morgan fingerprint density at radius 2 is 1.56 bits per heavy atom. The second-order valence-corrected chi connectivity index (χ2v) is 11.5. The Labute approximate surface area is 218 Å². The smallest absolute Gasteiger partial charge is 0.214 e. The van der Waals surface area contributed by atoms with Gasteiger partial charge < -0.3 is 9.53 Å². The molecule has 0 bridgehead atoms. The number of rotatable bonds is 11. The van der Waals surface area contributed by atoms with Gasteiger partial charge in [-0.1, -0.05) is 66.2 Å². The second-order valence-electron chi connectivity index (χ2n) is 8.95. The minimum atomic E-state index is -3.31. The van der Waals surface area contributed by atoms with Gasteiger partial charge in [-0.3, -0.25) is 4.90 Å². The molecule has 1 heterocycles. The Kier molecular flexibility index (Phi) is 9.15. The van der Waals surface area contributed by atoms with Gasteiger partial charge in [-0.05, 0) is 41.3 Å². The van der Waals surface area contributed by atoms with Crippen molar-refractivity contribution in [1.82, 2.24) is 9.21 Å². The van der Waals surface area contributed by atoms with E-state index in [2.05, 4.69) is 4.90 Å². The molecule has 6 nitrogen and oxygen atoms in total. The molecule has 0 radical (unpaired) electrons. The summed E-state index contributed by atoms with van der Waals surface area (Å²) in [6, 6.07) is 23.1. The minimum absolute atomic E-state index is 0.118. The first-order valence-corrected chi connectivity index (χ1v) is 14.1. The lowest BCUT2D eigenvalue weighted by molar-refractivity contribution is -0.107. The number of aryl methyl sites for hydroxylation is 1. The Bertz CT molecular complexity index is 1240. The fourth-order valence-electron chi connectivity index (χ4n) is 4.29. The molecule has 0 aliphatic carbocycles. The molecule has 3 aromatic carbocycles. The van der Waals surface area contributed by atoms with E-state index in [1.54, 1.807) is 4.31 Å². The number of ether oxygens (including phenoxy) is 1. The molecule has 190 valence electrons. The lowest BCUT2D eigenvalue weighted by Gasteiger charge is -2.34. The molecule has 1 fully saturated rings. The van der Waals surface area contributed by atoms with Crippen LogP contribution in [0.3, 0.4) is 0 Å². The number of nitrogens with zero attached hydrogens (tertiary/aromatic N) is 2. The fourth-order valence-corrected chi connectivity index (χ4v) is 5.89. The van der Waals surface area contributed by atoms with Crippen LogP contribution in [0.4, 0.5) is 0 Å². The summed E-state index contributed by atoms with van der Waals surface area (Å²) in [5, 5.41) is 0.680. The third kappa shape index (κ3) is 7.40. The first kappa shape index (κ1) is 26.4. The molecule has 4 rings (SSSR count). The van der Waals surface area contributed by atoms with E-state index in [4.69, 9.17) is 16.3 Å². The van der Waals surface area contributed by atoms with Gasteiger partial charge in [0, 0.05) is 49.7 Å². The highest BCUT2D eigenvalue weighted by Crippen LogP contribution is 2.25. The van der Waals surface area contributed by atoms with Gasteiger partial charge in [0.15, 0.2) is 0 Å². The SMILES string of the molecule is O=CCc1ccc(OCc2ccc(Cl)cc2)c(CN2CCN(S(=O)(=O)CCc3ccccc3)CC2)c1. The lowest BCUT2D eigenvalue weighted by atomic mass is 10.1. The van der Waals surface area contributed by atoms with Crippen LogP contribution in [0.25, 0.3) is 0 Å². The molecule has 8 heteroatoms. The van der Waals surface area contributed by atoms with Crippen LogP contribution >= 0.6 is 11.6 Å². The first-order chi connectivity index (χ1) is 17.4. The van der Waals surface area contributed by atoms with Gasteiger partial charge in [0.2, 0.25) is 10.0 Å². The molecular weight excluding hydrogens is 496 g/mol. The maximum absolute atomic E-state index is 12.9. The summed E-state index contributed by atoms with van der Waals surface area (Å²) in [6.45, 7) is 3.24. The molecule has 36 heavy (non-hydrogen) atoms. The van der Waals surface area contributed by atoms with Gasteiger partial charge in [0.1, 0.15) is 18.6 Å². The highest BCUT2D eigenvalue weighted by molar-refractivity contribution is 7.89.